The molecule has 0 amide bonds. The van der Waals surface area contributed by atoms with Crippen LogP contribution in [0.4, 0.5) is 5.69 Å². The van der Waals surface area contributed by atoms with Gasteiger partial charge in [0.15, 0.2) is 0 Å². The monoisotopic (exact) mass is 268 g/mol. The lowest BCUT2D eigenvalue weighted by molar-refractivity contribution is 0.570. The summed E-state index contributed by atoms with van der Waals surface area (Å²) in [5.74, 6) is 0. The van der Waals surface area contributed by atoms with Gasteiger partial charge in [0.2, 0.25) is 10.0 Å². The maximum absolute atomic E-state index is 12.1. The number of hydrogen-bond acceptors (Lipinski definition) is 3. The van der Waals surface area contributed by atoms with Crippen LogP contribution >= 0.6 is 0 Å². The van der Waals surface area contributed by atoms with Crippen molar-refractivity contribution < 1.29 is 8.42 Å². The summed E-state index contributed by atoms with van der Waals surface area (Å²) in [6.45, 7) is 7.89. The summed E-state index contributed by atoms with van der Waals surface area (Å²) in [4.78, 5) is 0.280. The van der Waals surface area contributed by atoms with E-state index in [-0.39, 0.29) is 10.9 Å². The second-order valence-electron chi connectivity index (χ2n) is 4.28. The molecule has 4 nitrogen and oxygen atoms in total. The Hall–Kier alpha value is -1.33. The van der Waals surface area contributed by atoms with Gasteiger partial charge in [-0.2, -0.15) is 0 Å². The summed E-state index contributed by atoms with van der Waals surface area (Å²) in [5.41, 5.74) is 0.618. The molecule has 0 atom stereocenters. The van der Waals surface area contributed by atoms with E-state index in [1.165, 1.54) is 0 Å². The smallest absolute Gasteiger partial charge is 0.242 e. The van der Waals surface area contributed by atoms with Crippen molar-refractivity contribution in [3.05, 3.63) is 36.9 Å². The SMILES string of the molecule is C=CCCNc1ccccc1S(=O)(=O)NC(C)C. The van der Waals surface area contributed by atoms with Gasteiger partial charge in [-0.15, -0.1) is 6.58 Å². The molecule has 1 aromatic rings. The molecule has 0 heterocycles. The van der Waals surface area contributed by atoms with Crippen LogP contribution in [0.25, 0.3) is 0 Å². The van der Waals surface area contributed by atoms with Crippen LogP contribution in [0.1, 0.15) is 20.3 Å². The van der Waals surface area contributed by atoms with Gasteiger partial charge in [0.05, 0.1) is 5.69 Å². The van der Waals surface area contributed by atoms with Gasteiger partial charge in [-0.1, -0.05) is 18.2 Å². The zero-order valence-electron chi connectivity index (χ0n) is 10.8. The average molecular weight is 268 g/mol. The van der Waals surface area contributed by atoms with Crippen LogP contribution in [0, 0.1) is 0 Å². The number of sulfonamides is 1. The molecule has 100 valence electrons. The van der Waals surface area contributed by atoms with Gasteiger partial charge in [0.25, 0.3) is 0 Å². The zero-order valence-corrected chi connectivity index (χ0v) is 11.6. The summed E-state index contributed by atoms with van der Waals surface area (Å²) in [5, 5.41) is 3.10. The number of rotatable bonds is 7. The number of benzene rings is 1. The van der Waals surface area contributed by atoms with Gasteiger partial charge >= 0.3 is 0 Å². The maximum atomic E-state index is 12.1. The second-order valence-corrected chi connectivity index (χ2v) is 5.96. The Morgan fingerprint density at radius 2 is 2.00 bits per heavy atom. The van der Waals surface area contributed by atoms with E-state index in [4.69, 9.17) is 0 Å². The molecule has 1 rings (SSSR count). The van der Waals surface area contributed by atoms with Crippen LogP contribution in [0.5, 0.6) is 0 Å². The van der Waals surface area contributed by atoms with Crippen molar-refractivity contribution in [3.63, 3.8) is 0 Å². The van der Waals surface area contributed by atoms with Crippen molar-refractivity contribution in [2.45, 2.75) is 31.2 Å². The Morgan fingerprint density at radius 3 is 2.61 bits per heavy atom. The van der Waals surface area contributed by atoms with E-state index in [1.54, 1.807) is 38.1 Å². The third-order valence-corrected chi connectivity index (χ3v) is 3.95. The van der Waals surface area contributed by atoms with Crippen LogP contribution < -0.4 is 10.0 Å². The Kier molecular flexibility index (Phi) is 5.37. The third kappa shape index (κ3) is 4.16. The molecule has 0 spiro atoms. The van der Waals surface area contributed by atoms with E-state index in [0.29, 0.717) is 12.2 Å². The molecule has 0 saturated carbocycles. The second kappa shape index (κ2) is 6.56. The van der Waals surface area contributed by atoms with E-state index < -0.39 is 10.0 Å². The Morgan fingerprint density at radius 1 is 1.33 bits per heavy atom. The summed E-state index contributed by atoms with van der Waals surface area (Å²) < 4.78 is 26.8. The maximum Gasteiger partial charge on any atom is 0.242 e. The standard InChI is InChI=1S/C13H20N2O2S/c1-4-5-10-14-12-8-6-7-9-13(12)18(16,17)15-11(2)3/h4,6-9,11,14-15H,1,5,10H2,2-3H3. The highest BCUT2D eigenvalue weighted by atomic mass is 32.2. The first-order valence-corrected chi connectivity index (χ1v) is 7.42. The summed E-state index contributed by atoms with van der Waals surface area (Å²) >= 11 is 0. The topological polar surface area (TPSA) is 58.2 Å². The summed E-state index contributed by atoms with van der Waals surface area (Å²) in [6.07, 6.45) is 2.57. The molecule has 0 aromatic heterocycles. The molecule has 0 bridgehead atoms. The first kappa shape index (κ1) is 14.7. The van der Waals surface area contributed by atoms with Crippen LogP contribution in [0.3, 0.4) is 0 Å². The molecule has 0 aliphatic rings. The predicted octanol–water partition coefficient (Wildman–Crippen LogP) is 2.36. The highest BCUT2D eigenvalue weighted by Gasteiger charge is 2.18. The van der Waals surface area contributed by atoms with Crippen molar-refractivity contribution in [3.8, 4) is 0 Å². The van der Waals surface area contributed by atoms with Crippen molar-refractivity contribution in [2.24, 2.45) is 0 Å². The fraction of sp³-hybridized carbons (Fsp3) is 0.385. The molecule has 2 N–H and O–H groups in total. The lowest BCUT2D eigenvalue weighted by Gasteiger charge is -2.14. The van der Waals surface area contributed by atoms with Gasteiger partial charge in [0.1, 0.15) is 4.90 Å². The Labute approximate surface area is 109 Å². The van der Waals surface area contributed by atoms with Crippen LogP contribution in [0.15, 0.2) is 41.8 Å². The fourth-order valence-electron chi connectivity index (χ4n) is 1.53. The number of nitrogens with one attached hydrogen (secondary N) is 2. The van der Waals surface area contributed by atoms with Crippen LogP contribution in [-0.4, -0.2) is 21.0 Å². The molecule has 0 aliphatic carbocycles. The van der Waals surface area contributed by atoms with Gasteiger partial charge in [0, 0.05) is 12.6 Å². The van der Waals surface area contributed by atoms with Gasteiger partial charge in [-0.3, -0.25) is 0 Å². The lowest BCUT2D eigenvalue weighted by atomic mass is 10.3. The van der Waals surface area contributed by atoms with Crippen LogP contribution in [-0.2, 0) is 10.0 Å². The minimum Gasteiger partial charge on any atom is -0.384 e. The van der Waals surface area contributed by atoms with E-state index >= 15 is 0 Å². The minimum atomic E-state index is -3.47. The number of anilines is 1. The molecule has 18 heavy (non-hydrogen) atoms. The third-order valence-electron chi connectivity index (χ3n) is 2.23. The largest absolute Gasteiger partial charge is 0.384 e. The molecule has 0 fully saturated rings. The highest BCUT2D eigenvalue weighted by Crippen LogP contribution is 2.20. The molecule has 0 unspecified atom stereocenters. The quantitative estimate of drug-likeness (QED) is 0.589. The number of para-hydroxylation sites is 1. The lowest BCUT2D eigenvalue weighted by Crippen LogP contribution is -2.30. The van der Waals surface area contributed by atoms with Crippen molar-refractivity contribution in [1.82, 2.24) is 4.72 Å². The van der Waals surface area contributed by atoms with E-state index in [1.807, 2.05) is 6.07 Å². The molecule has 5 heteroatoms. The normalized spacial score (nSPS) is 11.5. The van der Waals surface area contributed by atoms with Crippen LogP contribution in [0.2, 0.25) is 0 Å². The van der Waals surface area contributed by atoms with Gasteiger partial charge in [-0.05, 0) is 32.4 Å². The summed E-state index contributed by atoms with van der Waals surface area (Å²) in [7, 11) is -3.47. The average Bonchev–Trinajstić information content (AvgIpc) is 2.28. The van der Waals surface area contributed by atoms with Crippen molar-refractivity contribution in [1.29, 1.82) is 0 Å². The fourth-order valence-corrected chi connectivity index (χ4v) is 2.96. The summed E-state index contributed by atoms with van der Waals surface area (Å²) in [6, 6.07) is 6.76. The van der Waals surface area contributed by atoms with Crippen molar-refractivity contribution in [2.75, 3.05) is 11.9 Å². The van der Waals surface area contributed by atoms with Gasteiger partial charge in [-0.25, -0.2) is 13.1 Å². The predicted molar refractivity (Wildman–Crippen MR) is 75.2 cm³/mol. The molecule has 0 saturated heterocycles. The van der Waals surface area contributed by atoms with Crippen molar-refractivity contribution >= 4 is 15.7 Å². The molecule has 0 radical (unpaired) electrons. The Bertz CT molecular complexity index is 495. The highest BCUT2D eigenvalue weighted by molar-refractivity contribution is 7.89. The van der Waals surface area contributed by atoms with E-state index in [0.717, 1.165) is 6.42 Å². The number of hydrogen-bond donors (Lipinski definition) is 2. The molecule has 0 aliphatic heterocycles. The molecular formula is C13H20N2O2S. The minimum absolute atomic E-state index is 0.128. The first-order chi connectivity index (χ1) is 8.47. The first-order valence-electron chi connectivity index (χ1n) is 5.93. The van der Waals surface area contributed by atoms with E-state index in [2.05, 4.69) is 16.6 Å². The van der Waals surface area contributed by atoms with E-state index in [9.17, 15) is 8.42 Å². The molecular weight excluding hydrogens is 248 g/mol. The Balaban J connectivity index is 2.97. The zero-order chi connectivity index (χ0) is 13.6. The van der Waals surface area contributed by atoms with Gasteiger partial charge < -0.3 is 5.32 Å². The molecule has 1 aromatic carbocycles.